The molecule has 0 aromatic heterocycles. The number of benzene rings is 1. The molecule has 2 N–H and O–H groups in total. The van der Waals surface area contributed by atoms with Crippen molar-refractivity contribution < 1.29 is 19.5 Å². The van der Waals surface area contributed by atoms with Crippen LogP contribution in [0.5, 0.6) is 0 Å². The fraction of sp³-hybridized carbons (Fsp3) is 0.353. The van der Waals surface area contributed by atoms with Crippen LogP contribution in [0.15, 0.2) is 35.4 Å². The van der Waals surface area contributed by atoms with E-state index in [2.05, 4.69) is 5.32 Å². The van der Waals surface area contributed by atoms with Crippen LogP contribution in [0.1, 0.15) is 46.9 Å². The van der Waals surface area contributed by atoms with Gasteiger partial charge in [-0.05, 0) is 19.8 Å². The lowest BCUT2D eigenvalue weighted by Crippen LogP contribution is -2.26. The lowest BCUT2D eigenvalue weighted by molar-refractivity contribution is -0.121. The number of hydrogen-bond acceptors (Lipinski definition) is 4. The maximum atomic E-state index is 12.5. The van der Waals surface area contributed by atoms with Crippen LogP contribution in [-0.4, -0.2) is 35.7 Å². The molecule has 0 atom stereocenters. The molecule has 1 aliphatic rings. The highest BCUT2D eigenvalue weighted by molar-refractivity contribution is 6.26. The molecule has 0 unspecified atom stereocenters. The smallest absolute Gasteiger partial charge is 0.220 e. The average Bonchev–Trinajstić information content (AvgIpc) is 2.54. The summed E-state index contributed by atoms with van der Waals surface area (Å²) in [6.07, 6.45) is 1.16. The third-order valence-corrected chi connectivity index (χ3v) is 3.75. The Morgan fingerprint density at radius 1 is 1.14 bits per heavy atom. The Morgan fingerprint density at radius 3 is 2.41 bits per heavy atom. The van der Waals surface area contributed by atoms with Crippen LogP contribution in [0.2, 0.25) is 0 Å². The summed E-state index contributed by atoms with van der Waals surface area (Å²) < 4.78 is 0. The molecule has 5 heteroatoms. The summed E-state index contributed by atoms with van der Waals surface area (Å²) in [5.41, 5.74) is 1.87. The van der Waals surface area contributed by atoms with Crippen molar-refractivity contribution in [3.05, 3.63) is 46.5 Å². The second-order valence-corrected chi connectivity index (χ2v) is 5.23. The van der Waals surface area contributed by atoms with E-state index in [9.17, 15) is 14.4 Å². The molecule has 0 saturated heterocycles. The van der Waals surface area contributed by atoms with Crippen LogP contribution in [-0.2, 0) is 4.79 Å². The molecular weight excluding hydrogens is 282 g/mol. The van der Waals surface area contributed by atoms with Crippen molar-refractivity contribution in [1.29, 1.82) is 0 Å². The number of allylic oxidation sites excluding steroid dienone is 2. The van der Waals surface area contributed by atoms with Gasteiger partial charge in [0.2, 0.25) is 5.91 Å². The fourth-order valence-electron chi connectivity index (χ4n) is 2.56. The molecular formula is C17H19NO4. The minimum atomic E-state index is -0.165. The molecule has 1 amide bonds. The predicted octanol–water partition coefficient (Wildman–Crippen LogP) is 1.66. The lowest BCUT2D eigenvalue weighted by Gasteiger charge is -2.18. The number of rotatable bonds is 6. The van der Waals surface area contributed by atoms with Gasteiger partial charge in [-0.15, -0.1) is 0 Å². The number of Topliss-reactive ketones (excluding diaryl/α,β-unsaturated/α-hetero) is 2. The number of ketones is 2. The van der Waals surface area contributed by atoms with Crippen molar-refractivity contribution >= 4 is 17.5 Å². The van der Waals surface area contributed by atoms with Gasteiger partial charge in [0, 0.05) is 35.2 Å². The zero-order chi connectivity index (χ0) is 16.1. The van der Waals surface area contributed by atoms with E-state index in [1.165, 1.54) is 0 Å². The first kappa shape index (κ1) is 16.1. The third-order valence-electron chi connectivity index (χ3n) is 3.75. The van der Waals surface area contributed by atoms with Gasteiger partial charge in [-0.3, -0.25) is 14.4 Å². The minimum absolute atomic E-state index is 0.0974. The number of aliphatic hydroxyl groups is 1. The monoisotopic (exact) mass is 301 g/mol. The van der Waals surface area contributed by atoms with Gasteiger partial charge in [0.15, 0.2) is 11.6 Å². The van der Waals surface area contributed by atoms with Gasteiger partial charge < -0.3 is 10.4 Å². The Morgan fingerprint density at radius 2 is 1.77 bits per heavy atom. The largest absolute Gasteiger partial charge is 0.395 e. The number of carbonyl (C=O) groups excluding carboxylic acids is 3. The van der Waals surface area contributed by atoms with Crippen LogP contribution in [0.25, 0.3) is 0 Å². The minimum Gasteiger partial charge on any atom is -0.395 e. The number of nitrogens with one attached hydrogen (secondary N) is 1. The highest BCUT2D eigenvalue weighted by Crippen LogP contribution is 2.28. The normalized spacial score (nSPS) is 14.1. The first-order valence-electron chi connectivity index (χ1n) is 7.32. The summed E-state index contributed by atoms with van der Waals surface area (Å²) in [4.78, 5) is 36.2. The van der Waals surface area contributed by atoms with E-state index in [0.717, 1.165) is 0 Å². The highest BCUT2D eigenvalue weighted by atomic mass is 16.3. The van der Waals surface area contributed by atoms with Crippen LogP contribution < -0.4 is 5.32 Å². The van der Waals surface area contributed by atoms with Gasteiger partial charge in [0.25, 0.3) is 0 Å². The van der Waals surface area contributed by atoms with Gasteiger partial charge in [0.1, 0.15) is 0 Å². The van der Waals surface area contributed by atoms with Gasteiger partial charge >= 0.3 is 0 Å². The average molecular weight is 301 g/mol. The zero-order valence-corrected chi connectivity index (χ0v) is 12.5. The molecule has 1 aromatic carbocycles. The molecule has 5 nitrogen and oxygen atoms in total. The Kier molecular flexibility index (Phi) is 5.22. The van der Waals surface area contributed by atoms with Crippen LogP contribution in [0.3, 0.4) is 0 Å². The van der Waals surface area contributed by atoms with Crippen molar-refractivity contribution in [3.8, 4) is 0 Å². The SMILES string of the molecule is CC1=C(CCCC(=O)NCCO)C(=O)c2ccccc2C1=O. The molecule has 2 rings (SSSR count). The van der Waals surface area contributed by atoms with E-state index in [-0.39, 0.29) is 37.0 Å². The number of carbonyl (C=O) groups is 3. The standard InChI is InChI=1S/C17H19NO4/c1-11-12(7-4-8-15(20)18-9-10-19)17(22)14-6-3-2-5-13(14)16(11)21/h2-3,5-6,19H,4,7-10H2,1H3,(H,18,20). The summed E-state index contributed by atoms with van der Waals surface area (Å²) in [7, 11) is 0. The third kappa shape index (κ3) is 3.31. The molecule has 1 aliphatic carbocycles. The zero-order valence-electron chi connectivity index (χ0n) is 12.5. The summed E-state index contributed by atoms with van der Waals surface area (Å²) in [6, 6.07) is 6.81. The van der Waals surface area contributed by atoms with E-state index in [4.69, 9.17) is 5.11 Å². The molecule has 22 heavy (non-hydrogen) atoms. The Hall–Kier alpha value is -2.27. The molecule has 0 radical (unpaired) electrons. The first-order valence-corrected chi connectivity index (χ1v) is 7.32. The van der Waals surface area contributed by atoms with Crippen LogP contribution in [0.4, 0.5) is 0 Å². The van der Waals surface area contributed by atoms with E-state index in [0.29, 0.717) is 35.1 Å². The molecule has 116 valence electrons. The van der Waals surface area contributed by atoms with Crippen molar-refractivity contribution in [1.82, 2.24) is 5.32 Å². The summed E-state index contributed by atoms with van der Waals surface area (Å²) in [5.74, 6) is -0.402. The summed E-state index contributed by atoms with van der Waals surface area (Å²) >= 11 is 0. The van der Waals surface area contributed by atoms with E-state index >= 15 is 0 Å². The topological polar surface area (TPSA) is 83.5 Å². The highest BCUT2D eigenvalue weighted by Gasteiger charge is 2.28. The number of hydrogen-bond donors (Lipinski definition) is 2. The molecule has 0 spiro atoms. The summed E-state index contributed by atoms with van der Waals surface area (Å²) in [6.45, 7) is 1.79. The molecule has 0 bridgehead atoms. The lowest BCUT2D eigenvalue weighted by atomic mass is 9.83. The van der Waals surface area contributed by atoms with Crippen molar-refractivity contribution in [3.63, 3.8) is 0 Å². The van der Waals surface area contributed by atoms with E-state index < -0.39 is 0 Å². The Balaban J connectivity index is 2.05. The molecule has 0 saturated carbocycles. The van der Waals surface area contributed by atoms with Crippen LogP contribution >= 0.6 is 0 Å². The number of aliphatic hydroxyl groups excluding tert-OH is 1. The molecule has 1 aromatic rings. The van der Waals surface area contributed by atoms with E-state index in [1.807, 2.05) is 0 Å². The second kappa shape index (κ2) is 7.13. The first-order chi connectivity index (χ1) is 10.6. The van der Waals surface area contributed by atoms with Gasteiger partial charge in [-0.25, -0.2) is 0 Å². The van der Waals surface area contributed by atoms with Crippen molar-refractivity contribution in [2.24, 2.45) is 0 Å². The van der Waals surface area contributed by atoms with Gasteiger partial charge in [-0.1, -0.05) is 24.3 Å². The van der Waals surface area contributed by atoms with Crippen molar-refractivity contribution in [2.75, 3.05) is 13.2 Å². The second-order valence-electron chi connectivity index (χ2n) is 5.23. The maximum absolute atomic E-state index is 12.5. The number of fused-ring (bicyclic) bond motifs is 1. The van der Waals surface area contributed by atoms with Crippen LogP contribution in [0, 0.1) is 0 Å². The van der Waals surface area contributed by atoms with Crippen molar-refractivity contribution in [2.45, 2.75) is 26.2 Å². The van der Waals surface area contributed by atoms with E-state index in [1.54, 1.807) is 31.2 Å². The maximum Gasteiger partial charge on any atom is 0.220 e. The fourth-order valence-corrected chi connectivity index (χ4v) is 2.56. The van der Waals surface area contributed by atoms with Gasteiger partial charge in [-0.2, -0.15) is 0 Å². The summed E-state index contributed by atoms with van der Waals surface area (Å²) in [5, 5.41) is 11.2. The molecule has 0 heterocycles. The Bertz CT molecular complexity index is 646. The van der Waals surface area contributed by atoms with Gasteiger partial charge in [0.05, 0.1) is 6.61 Å². The number of amides is 1. The molecule has 0 aliphatic heterocycles. The molecule has 0 fully saturated rings. The Labute approximate surface area is 129 Å². The quantitative estimate of drug-likeness (QED) is 0.837. The predicted molar refractivity (Wildman–Crippen MR) is 81.7 cm³/mol.